The smallest absolute Gasteiger partial charge is 0.237 e. The average Bonchev–Trinajstić information content (AvgIpc) is 2.75. The van der Waals surface area contributed by atoms with Crippen LogP contribution in [0.15, 0.2) is 15.9 Å². The van der Waals surface area contributed by atoms with Gasteiger partial charge in [0.15, 0.2) is 0 Å². The molecule has 5 heteroatoms. The number of hydrogen-bond acceptors (Lipinski definition) is 3. The van der Waals surface area contributed by atoms with E-state index in [0.29, 0.717) is 5.92 Å². The van der Waals surface area contributed by atoms with Gasteiger partial charge in [-0.25, -0.2) is 0 Å². The first-order valence-corrected chi connectivity index (χ1v) is 8.01. The van der Waals surface area contributed by atoms with Crippen molar-refractivity contribution in [1.82, 2.24) is 10.6 Å². The predicted molar refractivity (Wildman–Crippen MR) is 78.9 cm³/mol. The number of nitrogens with one attached hydrogen (secondary N) is 2. The summed E-state index contributed by atoms with van der Waals surface area (Å²) in [6.45, 7) is 3.89. The molecular weight excluding hydrogens is 312 g/mol. The third-order valence-electron chi connectivity index (χ3n) is 3.28. The van der Waals surface area contributed by atoms with Crippen LogP contribution in [0.25, 0.3) is 0 Å². The Labute approximate surface area is 120 Å². The number of halogens is 1. The normalized spacial score (nSPS) is 23.9. The van der Waals surface area contributed by atoms with Crippen LogP contribution in [0.5, 0.6) is 0 Å². The maximum absolute atomic E-state index is 12.0. The van der Waals surface area contributed by atoms with Gasteiger partial charge in [0.1, 0.15) is 0 Å². The Morgan fingerprint density at radius 3 is 3.11 bits per heavy atom. The quantitative estimate of drug-likeness (QED) is 0.890. The molecule has 2 atom stereocenters. The average molecular weight is 331 g/mol. The second kappa shape index (κ2) is 6.68. The van der Waals surface area contributed by atoms with Gasteiger partial charge in [0.05, 0.1) is 9.83 Å². The van der Waals surface area contributed by atoms with E-state index in [0.717, 1.165) is 29.7 Å². The molecule has 0 saturated carbocycles. The molecule has 0 bridgehead atoms. The highest BCUT2D eigenvalue weighted by Gasteiger charge is 2.23. The summed E-state index contributed by atoms with van der Waals surface area (Å²) in [5.41, 5.74) is 0. The van der Waals surface area contributed by atoms with Gasteiger partial charge in [-0.1, -0.05) is 6.92 Å². The first-order chi connectivity index (χ1) is 8.65. The predicted octanol–water partition coefficient (Wildman–Crippen LogP) is 2.56. The fraction of sp³-hybridized carbons (Fsp3) is 0.615. The van der Waals surface area contributed by atoms with Crippen molar-refractivity contribution in [3.63, 3.8) is 0 Å². The van der Waals surface area contributed by atoms with E-state index in [2.05, 4.69) is 39.6 Å². The van der Waals surface area contributed by atoms with Gasteiger partial charge in [-0.05, 0) is 59.8 Å². The zero-order chi connectivity index (χ0) is 13.0. The molecule has 3 nitrogen and oxygen atoms in total. The van der Waals surface area contributed by atoms with Gasteiger partial charge >= 0.3 is 0 Å². The molecule has 1 aliphatic rings. The van der Waals surface area contributed by atoms with Crippen LogP contribution < -0.4 is 10.6 Å². The van der Waals surface area contributed by atoms with Gasteiger partial charge in [0, 0.05) is 11.4 Å². The number of piperidine rings is 1. The molecule has 2 rings (SSSR count). The molecule has 18 heavy (non-hydrogen) atoms. The summed E-state index contributed by atoms with van der Waals surface area (Å²) >= 11 is 5.17. The van der Waals surface area contributed by atoms with Gasteiger partial charge in [-0.15, -0.1) is 11.3 Å². The molecule has 1 aliphatic heterocycles. The van der Waals surface area contributed by atoms with E-state index >= 15 is 0 Å². The summed E-state index contributed by atoms with van der Waals surface area (Å²) in [6.07, 6.45) is 3.04. The van der Waals surface area contributed by atoms with Crippen LogP contribution in [0.3, 0.4) is 0 Å². The zero-order valence-corrected chi connectivity index (χ0v) is 12.9. The lowest BCUT2D eigenvalue weighted by Gasteiger charge is -2.27. The topological polar surface area (TPSA) is 41.1 Å². The van der Waals surface area contributed by atoms with Crippen LogP contribution in [0, 0.1) is 5.92 Å². The highest BCUT2D eigenvalue weighted by atomic mass is 79.9. The van der Waals surface area contributed by atoms with Crippen molar-refractivity contribution < 1.29 is 4.79 Å². The lowest BCUT2D eigenvalue weighted by atomic mass is 9.94. The Morgan fingerprint density at radius 2 is 2.44 bits per heavy atom. The molecule has 1 saturated heterocycles. The second-order valence-electron chi connectivity index (χ2n) is 4.88. The van der Waals surface area contributed by atoms with Crippen molar-refractivity contribution in [1.29, 1.82) is 0 Å². The summed E-state index contributed by atoms with van der Waals surface area (Å²) in [6, 6.07) is 4.15. The van der Waals surface area contributed by atoms with Gasteiger partial charge in [0.25, 0.3) is 0 Å². The summed E-state index contributed by atoms with van der Waals surface area (Å²) in [5, 5.41) is 6.31. The number of hydrogen-bond donors (Lipinski definition) is 2. The first kappa shape index (κ1) is 14.0. The summed E-state index contributed by atoms with van der Waals surface area (Å²) in [7, 11) is 0. The third-order valence-corrected chi connectivity index (χ3v) is 4.97. The monoisotopic (exact) mass is 330 g/mol. The molecule has 1 aromatic rings. The van der Waals surface area contributed by atoms with Crippen LogP contribution in [0.1, 0.15) is 24.6 Å². The number of carbonyl (C=O) groups is 1. The van der Waals surface area contributed by atoms with E-state index in [1.165, 1.54) is 11.3 Å². The number of carbonyl (C=O) groups excluding carboxylic acids is 1. The van der Waals surface area contributed by atoms with Gasteiger partial charge < -0.3 is 10.6 Å². The minimum Gasteiger partial charge on any atom is -0.354 e. The molecule has 100 valence electrons. The molecule has 0 spiro atoms. The summed E-state index contributed by atoms with van der Waals surface area (Å²) < 4.78 is 1.14. The lowest BCUT2D eigenvalue weighted by molar-refractivity contribution is -0.123. The van der Waals surface area contributed by atoms with Crippen LogP contribution in [-0.4, -0.2) is 25.0 Å². The third kappa shape index (κ3) is 4.07. The minimum atomic E-state index is 0.00354. The number of amides is 1. The molecule has 0 radical (unpaired) electrons. The number of thiophene rings is 1. The fourth-order valence-electron chi connectivity index (χ4n) is 2.23. The molecule has 1 aromatic heterocycles. The van der Waals surface area contributed by atoms with Crippen molar-refractivity contribution in [3.05, 3.63) is 20.8 Å². The van der Waals surface area contributed by atoms with E-state index in [-0.39, 0.29) is 11.9 Å². The van der Waals surface area contributed by atoms with Crippen molar-refractivity contribution in [2.45, 2.75) is 32.2 Å². The molecule has 2 unspecified atom stereocenters. The molecule has 0 aliphatic carbocycles. The Balaban J connectivity index is 1.71. The summed E-state index contributed by atoms with van der Waals surface area (Å²) in [4.78, 5) is 13.3. The molecule has 2 N–H and O–H groups in total. The van der Waals surface area contributed by atoms with Gasteiger partial charge in [-0.2, -0.15) is 0 Å². The van der Waals surface area contributed by atoms with Crippen LogP contribution in [0.4, 0.5) is 0 Å². The van der Waals surface area contributed by atoms with Gasteiger partial charge in [-0.3, -0.25) is 4.79 Å². The molecule has 1 fully saturated rings. The first-order valence-electron chi connectivity index (χ1n) is 6.40. The Kier molecular flexibility index (Phi) is 5.21. The maximum atomic E-state index is 12.0. The zero-order valence-electron chi connectivity index (χ0n) is 10.5. The van der Waals surface area contributed by atoms with Crippen molar-refractivity contribution in [2.75, 3.05) is 13.1 Å². The maximum Gasteiger partial charge on any atom is 0.237 e. The fourth-order valence-corrected chi connectivity index (χ4v) is 3.71. The molecule has 0 aromatic carbocycles. The lowest BCUT2D eigenvalue weighted by Crippen LogP contribution is -2.48. The van der Waals surface area contributed by atoms with E-state index in [4.69, 9.17) is 0 Å². The van der Waals surface area contributed by atoms with Crippen molar-refractivity contribution >= 4 is 33.2 Å². The molecule has 1 amide bonds. The standard InChI is InChI=1S/C13H19BrN2OS/c1-9-4-6-15-11(8-9)13(17)16-7-5-10-2-3-12(14)18-10/h2-3,9,11,15H,4-8H2,1H3,(H,16,17). The minimum absolute atomic E-state index is 0.00354. The highest BCUT2D eigenvalue weighted by Crippen LogP contribution is 2.22. The van der Waals surface area contributed by atoms with Crippen molar-refractivity contribution in [2.24, 2.45) is 5.92 Å². The van der Waals surface area contributed by atoms with E-state index < -0.39 is 0 Å². The van der Waals surface area contributed by atoms with E-state index in [1.807, 2.05) is 6.07 Å². The number of rotatable bonds is 4. The molecule has 2 heterocycles. The van der Waals surface area contributed by atoms with E-state index in [9.17, 15) is 4.79 Å². The Hall–Kier alpha value is -0.390. The Bertz CT molecular complexity index is 407. The van der Waals surface area contributed by atoms with Crippen LogP contribution in [0.2, 0.25) is 0 Å². The highest BCUT2D eigenvalue weighted by molar-refractivity contribution is 9.11. The van der Waals surface area contributed by atoms with Gasteiger partial charge in [0.2, 0.25) is 5.91 Å². The second-order valence-corrected chi connectivity index (χ2v) is 7.43. The molecular formula is C13H19BrN2OS. The largest absolute Gasteiger partial charge is 0.354 e. The van der Waals surface area contributed by atoms with E-state index in [1.54, 1.807) is 11.3 Å². The SMILES string of the molecule is CC1CCNC(C(=O)NCCc2ccc(Br)s2)C1. The van der Waals surface area contributed by atoms with Crippen LogP contribution >= 0.6 is 27.3 Å². The summed E-state index contributed by atoms with van der Waals surface area (Å²) in [5.74, 6) is 0.799. The van der Waals surface area contributed by atoms with Crippen LogP contribution in [-0.2, 0) is 11.2 Å². The van der Waals surface area contributed by atoms with Crippen molar-refractivity contribution in [3.8, 4) is 0 Å². The Morgan fingerprint density at radius 1 is 1.61 bits per heavy atom.